The van der Waals surface area contributed by atoms with Gasteiger partial charge in [0.05, 0.1) is 10.4 Å². The van der Waals surface area contributed by atoms with Gasteiger partial charge in [-0.3, -0.25) is 0 Å². The molecule has 0 bridgehead atoms. The molecular weight excluding hydrogens is 339 g/mol. The van der Waals surface area contributed by atoms with E-state index in [1.54, 1.807) is 7.05 Å². The summed E-state index contributed by atoms with van der Waals surface area (Å²) in [5.41, 5.74) is 3.29. The molecule has 4 nitrogen and oxygen atoms in total. The highest BCUT2D eigenvalue weighted by Crippen LogP contribution is 2.29. The smallest absolute Gasteiger partial charge is 0.243 e. The second-order valence-electron chi connectivity index (χ2n) is 6.38. The fourth-order valence-corrected chi connectivity index (χ4v) is 4.88. The van der Waals surface area contributed by atoms with Crippen LogP contribution in [0.5, 0.6) is 0 Å². The molecule has 1 aliphatic rings. The van der Waals surface area contributed by atoms with Crippen LogP contribution in [-0.2, 0) is 22.9 Å². The SMILES string of the molecule is CN(C1CCc2[c]c3ccccn3c2C1)S(=O)(=O)c1ccc(F)cc1. The normalized spacial score (nSPS) is 17.8. The second kappa shape index (κ2) is 5.97. The Labute approximate surface area is 146 Å². The first-order valence-corrected chi connectivity index (χ1v) is 9.64. The van der Waals surface area contributed by atoms with Gasteiger partial charge in [0.25, 0.3) is 0 Å². The molecule has 1 aromatic carbocycles. The van der Waals surface area contributed by atoms with E-state index in [0.717, 1.165) is 29.6 Å². The van der Waals surface area contributed by atoms with Gasteiger partial charge in [-0.15, -0.1) is 0 Å². The number of hydrogen-bond donors (Lipinski definition) is 0. The second-order valence-corrected chi connectivity index (χ2v) is 8.38. The number of fused-ring (bicyclic) bond motifs is 3. The van der Waals surface area contributed by atoms with E-state index >= 15 is 0 Å². The summed E-state index contributed by atoms with van der Waals surface area (Å²) in [6.07, 6.45) is 4.17. The number of nitrogens with zero attached hydrogens (tertiary/aromatic N) is 2. The lowest BCUT2D eigenvalue weighted by molar-refractivity contribution is 0.333. The third-order valence-electron chi connectivity index (χ3n) is 4.94. The van der Waals surface area contributed by atoms with E-state index in [4.69, 9.17) is 0 Å². The molecule has 0 aliphatic heterocycles. The van der Waals surface area contributed by atoms with Crippen LogP contribution in [-0.4, -0.2) is 30.2 Å². The van der Waals surface area contributed by atoms with Gasteiger partial charge < -0.3 is 4.40 Å². The lowest BCUT2D eigenvalue weighted by Crippen LogP contribution is -2.40. The number of pyridine rings is 1. The Kier molecular flexibility index (Phi) is 3.89. The zero-order valence-corrected chi connectivity index (χ0v) is 14.6. The molecule has 2 aromatic heterocycles. The molecule has 3 aromatic rings. The third-order valence-corrected chi connectivity index (χ3v) is 6.86. The number of benzene rings is 1. The van der Waals surface area contributed by atoms with Crippen LogP contribution in [0.15, 0.2) is 53.6 Å². The summed E-state index contributed by atoms with van der Waals surface area (Å²) in [4.78, 5) is 0.119. The first-order chi connectivity index (χ1) is 12.0. The highest BCUT2D eigenvalue weighted by atomic mass is 32.2. The summed E-state index contributed by atoms with van der Waals surface area (Å²) >= 11 is 0. The third kappa shape index (κ3) is 2.75. The molecule has 1 aliphatic carbocycles. The van der Waals surface area contributed by atoms with Crippen molar-refractivity contribution in [1.82, 2.24) is 8.71 Å². The Bertz CT molecular complexity index is 1030. The van der Waals surface area contributed by atoms with Crippen LogP contribution in [0, 0.1) is 11.9 Å². The van der Waals surface area contributed by atoms with Gasteiger partial charge in [-0.1, -0.05) is 6.07 Å². The van der Waals surface area contributed by atoms with Crippen molar-refractivity contribution < 1.29 is 12.8 Å². The molecule has 4 rings (SSSR count). The van der Waals surface area contributed by atoms with Crippen molar-refractivity contribution in [2.45, 2.75) is 30.2 Å². The topological polar surface area (TPSA) is 41.8 Å². The Morgan fingerprint density at radius 1 is 1.20 bits per heavy atom. The maximum Gasteiger partial charge on any atom is 0.243 e. The van der Waals surface area contributed by atoms with E-state index in [2.05, 4.69) is 10.5 Å². The van der Waals surface area contributed by atoms with Gasteiger partial charge >= 0.3 is 0 Å². The Morgan fingerprint density at radius 3 is 2.72 bits per heavy atom. The van der Waals surface area contributed by atoms with Crippen LogP contribution in [0.2, 0.25) is 0 Å². The minimum atomic E-state index is -3.65. The van der Waals surface area contributed by atoms with Crippen LogP contribution in [0.3, 0.4) is 0 Å². The van der Waals surface area contributed by atoms with E-state index in [0.29, 0.717) is 6.42 Å². The summed E-state index contributed by atoms with van der Waals surface area (Å²) in [5, 5.41) is 0. The Hall–Kier alpha value is -2.18. The molecule has 0 fully saturated rings. The molecule has 1 unspecified atom stereocenters. The first kappa shape index (κ1) is 16.3. The van der Waals surface area contributed by atoms with Crippen molar-refractivity contribution in [1.29, 1.82) is 0 Å². The zero-order chi connectivity index (χ0) is 17.6. The molecule has 2 heterocycles. The maximum absolute atomic E-state index is 13.1. The van der Waals surface area contributed by atoms with Crippen molar-refractivity contribution in [2.75, 3.05) is 7.05 Å². The highest BCUT2D eigenvalue weighted by Gasteiger charge is 2.32. The number of likely N-dealkylation sites (N-methyl/N-ethyl adjacent to an activating group) is 1. The fraction of sp³-hybridized carbons (Fsp3) is 0.263. The number of halogens is 1. The fourth-order valence-electron chi connectivity index (χ4n) is 3.50. The van der Waals surface area contributed by atoms with Crippen molar-refractivity contribution in [2.24, 2.45) is 0 Å². The summed E-state index contributed by atoms with van der Waals surface area (Å²) in [6, 6.07) is 14.2. The number of aryl methyl sites for hydroxylation is 1. The van der Waals surface area contributed by atoms with Crippen LogP contribution in [0.1, 0.15) is 17.7 Å². The number of aromatic nitrogens is 1. The molecule has 0 spiro atoms. The average molecular weight is 357 g/mol. The van der Waals surface area contributed by atoms with Crippen molar-refractivity contribution in [3.63, 3.8) is 0 Å². The van der Waals surface area contributed by atoms with Crippen molar-refractivity contribution in [3.8, 4) is 0 Å². The van der Waals surface area contributed by atoms with Gasteiger partial charge in [0.15, 0.2) is 0 Å². The molecule has 1 radical (unpaired) electrons. The van der Waals surface area contributed by atoms with E-state index < -0.39 is 15.8 Å². The van der Waals surface area contributed by atoms with Gasteiger partial charge in [0.1, 0.15) is 5.82 Å². The number of hydrogen-bond acceptors (Lipinski definition) is 2. The van der Waals surface area contributed by atoms with E-state index in [1.165, 1.54) is 28.6 Å². The predicted octanol–water partition coefficient (Wildman–Crippen LogP) is 3.06. The minimum absolute atomic E-state index is 0.119. The van der Waals surface area contributed by atoms with Gasteiger partial charge in [0.2, 0.25) is 10.0 Å². The van der Waals surface area contributed by atoms with Crippen LogP contribution >= 0.6 is 0 Å². The van der Waals surface area contributed by atoms with Crippen LogP contribution in [0.25, 0.3) is 5.52 Å². The lowest BCUT2D eigenvalue weighted by Gasteiger charge is -2.30. The minimum Gasteiger partial charge on any atom is -0.320 e. The van der Waals surface area contributed by atoms with Gasteiger partial charge in [-0.05, 0) is 54.8 Å². The van der Waals surface area contributed by atoms with Gasteiger partial charge in [-0.25, -0.2) is 12.8 Å². The van der Waals surface area contributed by atoms with Gasteiger partial charge in [0, 0.05) is 37.5 Å². The van der Waals surface area contributed by atoms with Crippen LogP contribution < -0.4 is 0 Å². The predicted molar refractivity (Wildman–Crippen MR) is 93.4 cm³/mol. The average Bonchev–Trinajstić information content (AvgIpc) is 2.99. The number of rotatable bonds is 3. The Balaban J connectivity index is 1.65. The van der Waals surface area contributed by atoms with Crippen LogP contribution in [0.4, 0.5) is 4.39 Å². The lowest BCUT2D eigenvalue weighted by atomic mass is 9.93. The standard InChI is InChI=1S/C19H18FN2O2S/c1-21(25(23,24)18-9-6-15(20)7-10-18)16-8-5-14-12-17-4-2-3-11-22(17)19(14)13-16/h2-4,6-7,9-11,16H,5,8,13H2,1H3. The quantitative estimate of drug-likeness (QED) is 0.723. The van der Waals surface area contributed by atoms with E-state index in [1.807, 2.05) is 24.4 Å². The number of sulfonamides is 1. The first-order valence-electron chi connectivity index (χ1n) is 8.20. The summed E-state index contributed by atoms with van der Waals surface area (Å²) in [5.74, 6) is -0.445. The van der Waals surface area contributed by atoms with Gasteiger partial charge in [-0.2, -0.15) is 4.31 Å². The molecule has 1 atom stereocenters. The largest absolute Gasteiger partial charge is 0.320 e. The monoisotopic (exact) mass is 357 g/mol. The molecule has 129 valence electrons. The summed E-state index contributed by atoms with van der Waals surface area (Å²) < 4.78 is 42.3. The molecule has 25 heavy (non-hydrogen) atoms. The zero-order valence-electron chi connectivity index (χ0n) is 13.8. The van der Waals surface area contributed by atoms with Crippen molar-refractivity contribution >= 4 is 15.5 Å². The maximum atomic E-state index is 13.1. The van der Waals surface area contributed by atoms with Crippen molar-refractivity contribution in [3.05, 3.63) is 71.8 Å². The molecular formula is C19H18FN2O2S. The molecule has 0 N–H and O–H groups in total. The molecule has 0 saturated carbocycles. The summed E-state index contributed by atoms with van der Waals surface area (Å²) in [7, 11) is -2.04. The van der Waals surface area contributed by atoms with E-state index in [9.17, 15) is 12.8 Å². The Morgan fingerprint density at radius 2 is 1.96 bits per heavy atom. The highest BCUT2D eigenvalue weighted by molar-refractivity contribution is 7.89. The molecule has 0 saturated heterocycles. The molecule has 6 heteroatoms. The summed E-state index contributed by atoms with van der Waals surface area (Å²) in [6.45, 7) is 0. The van der Waals surface area contributed by atoms with E-state index in [-0.39, 0.29) is 10.9 Å². The molecule has 0 amide bonds.